The molecule has 1 saturated carbocycles. The molecule has 1 saturated heterocycles. The number of aromatic nitrogens is 2. The van der Waals surface area contributed by atoms with Gasteiger partial charge in [0.1, 0.15) is 5.82 Å². The lowest BCUT2D eigenvalue weighted by atomic mass is 9.91. The van der Waals surface area contributed by atoms with Crippen LogP contribution in [0.5, 0.6) is 0 Å². The third-order valence-electron chi connectivity index (χ3n) is 5.98. The normalized spacial score (nSPS) is 24.0. The van der Waals surface area contributed by atoms with Gasteiger partial charge in [0.05, 0.1) is 6.10 Å². The van der Waals surface area contributed by atoms with Crippen LogP contribution in [0.3, 0.4) is 0 Å². The lowest BCUT2D eigenvalue weighted by Crippen LogP contribution is -2.52. The summed E-state index contributed by atoms with van der Waals surface area (Å²) in [4.78, 5) is 2.35. The predicted molar refractivity (Wildman–Crippen MR) is 97.0 cm³/mol. The Morgan fingerprint density at radius 2 is 1.96 bits per heavy atom. The molecule has 3 rings (SSSR count). The van der Waals surface area contributed by atoms with Crippen molar-refractivity contribution in [2.75, 3.05) is 23.7 Å². The molecule has 1 aromatic heterocycles. The maximum Gasteiger partial charge on any atom is 0.192 e. The van der Waals surface area contributed by atoms with Gasteiger partial charge in [0.25, 0.3) is 0 Å². The van der Waals surface area contributed by atoms with Crippen LogP contribution >= 0.6 is 0 Å². The molecule has 1 unspecified atom stereocenters. The SMILES string of the molecule is CC(C)(C)[Si](C)(C)OC1CCN(c2ccc(N)nn2)CC12CC2. The zero-order valence-corrected chi connectivity index (χ0v) is 16.1. The minimum atomic E-state index is -1.71. The summed E-state index contributed by atoms with van der Waals surface area (Å²) in [6, 6.07) is 3.81. The maximum absolute atomic E-state index is 6.78. The van der Waals surface area contributed by atoms with Crippen molar-refractivity contribution < 1.29 is 4.43 Å². The fourth-order valence-corrected chi connectivity index (χ4v) is 4.63. The molecule has 1 aliphatic carbocycles. The first-order valence-electron chi connectivity index (χ1n) is 8.65. The summed E-state index contributed by atoms with van der Waals surface area (Å²) in [6.07, 6.45) is 4.02. The van der Waals surface area contributed by atoms with Crippen LogP contribution in [-0.4, -0.2) is 37.7 Å². The van der Waals surface area contributed by atoms with Gasteiger partial charge in [0.2, 0.25) is 0 Å². The number of nitrogen functional groups attached to an aromatic ring is 1. The number of hydrogen-bond donors (Lipinski definition) is 1. The molecule has 23 heavy (non-hydrogen) atoms. The van der Waals surface area contributed by atoms with Crippen molar-refractivity contribution in [1.29, 1.82) is 0 Å². The highest BCUT2D eigenvalue weighted by Crippen LogP contribution is 2.55. The first-order chi connectivity index (χ1) is 10.6. The molecule has 128 valence electrons. The topological polar surface area (TPSA) is 64.3 Å². The Hall–Kier alpha value is -1.14. The molecule has 1 atom stereocenters. The molecule has 0 aromatic carbocycles. The fraction of sp³-hybridized carbons (Fsp3) is 0.765. The highest BCUT2D eigenvalue weighted by atomic mass is 28.4. The number of nitrogens with two attached hydrogens (primary N) is 1. The summed E-state index contributed by atoms with van der Waals surface area (Å²) in [5, 5.41) is 8.51. The number of hydrogen-bond acceptors (Lipinski definition) is 5. The Bertz CT molecular complexity index is 563. The van der Waals surface area contributed by atoms with Crippen LogP contribution in [0.25, 0.3) is 0 Å². The second kappa shape index (κ2) is 5.45. The van der Waals surface area contributed by atoms with Crippen LogP contribution in [0.15, 0.2) is 12.1 Å². The van der Waals surface area contributed by atoms with E-state index in [1.165, 1.54) is 12.8 Å². The van der Waals surface area contributed by atoms with Crippen molar-refractivity contribution in [3.05, 3.63) is 12.1 Å². The summed E-state index contributed by atoms with van der Waals surface area (Å²) >= 11 is 0. The van der Waals surface area contributed by atoms with Crippen LogP contribution in [0.4, 0.5) is 11.6 Å². The van der Waals surface area contributed by atoms with Gasteiger partial charge in [0.15, 0.2) is 14.1 Å². The van der Waals surface area contributed by atoms with Gasteiger partial charge in [-0.25, -0.2) is 0 Å². The van der Waals surface area contributed by atoms with Gasteiger partial charge in [0, 0.05) is 18.5 Å². The molecule has 0 radical (unpaired) electrons. The predicted octanol–water partition coefficient (Wildman–Crippen LogP) is 3.44. The number of piperidine rings is 1. The van der Waals surface area contributed by atoms with E-state index in [1.54, 1.807) is 0 Å². The van der Waals surface area contributed by atoms with Crippen LogP contribution in [0.2, 0.25) is 18.1 Å². The smallest absolute Gasteiger partial charge is 0.192 e. The van der Waals surface area contributed by atoms with E-state index < -0.39 is 8.32 Å². The van der Waals surface area contributed by atoms with Gasteiger partial charge < -0.3 is 15.1 Å². The van der Waals surface area contributed by atoms with Crippen LogP contribution in [-0.2, 0) is 4.43 Å². The van der Waals surface area contributed by atoms with Crippen molar-refractivity contribution in [2.45, 2.75) is 64.3 Å². The van der Waals surface area contributed by atoms with E-state index in [-0.39, 0.29) is 5.04 Å². The van der Waals surface area contributed by atoms with Gasteiger partial charge in [-0.3, -0.25) is 0 Å². The molecular formula is C17H30N4OSi. The highest BCUT2D eigenvalue weighted by molar-refractivity contribution is 6.74. The summed E-state index contributed by atoms with van der Waals surface area (Å²) < 4.78 is 6.78. The first-order valence-corrected chi connectivity index (χ1v) is 11.6. The molecule has 2 fully saturated rings. The maximum atomic E-state index is 6.78. The van der Waals surface area contributed by atoms with E-state index in [0.717, 1.165) is 25.3 Å². The number of rotatable bonds is 3. The second-order valence-electron chi connectivity index (χ2n) is 8.76. The Morgan fingerprint density at radius 1 is 1.26 bits per heavy atom. The zero-order chi connectivity index (χ0) is 16.9. The van der Waals surface area contributed by atoms with Crippen molar-refractivity contribution in [3.8, 4) is 0 Å². The number of anilines is 2. The zero-order valence-electron chi connectivity index (χ0n) is 15.1. The average molecular weight is 335 g/mol. The van der Waals surface area contributed by atoms with Gasteiger partial charge >= 0.3 is 0 Å². The Morgan fingerprint density at radius 3 is 2.48 bits per heavy atom. The average Bonchev–Trinajstić information content (AvgIpc) is 3.21. The minimum absolute atomic E-state index is 0.267. The lowest BCUT2D eigenvalue weighted by molar-refractivity contribution is 0.0827. The second-order valence-corrected chi connectivity index (χ2v) is 13.5. The van der Waals surface area contributed by atoms with Crippen LogP contribution in [0.1, 0.15) is 40.0 Å². The molecule has 2 aliphatic rings. The summed E-state index contributed by atoms with van der Waals surface area (Å²) in [6.45, 7) is 13.7. The van der Waals surface area contributed by atoms with Gasteiger partial charge in [-0.15, -0.1) is 10.2 Å². The summed E-state index contributed by atoms with van der Waals surface area (Å²) in [7, 11) is -1.71. The standard InChI is InChI=1S/C17H30N4OSi/c1-16(2,3)23(4,5)22-13-8-11-21(12-17(13)9-10-17)15-7-6-14(18)19-20-15/h6-7,13H,8-12H2,1-5H3,(H2,18,19). The van der Waals surface area contributed by atoms with Gasteiger partial charge in [-0.1, -0.05) is 20.8 Å². The molecule has 0 bridgehead atoms. The molecule has 6 heteroatoms. The minimum Gasteiger partial charge on any atom is -0.413 e. The summed E-state index contributed by atoms with van der Waals surface area (Å²) in [5.41, 5.74) is 5.98. The molecule has 2 N–H and O–H groups in total. The third-order valence-corrected chi connectivity index (χ3v) is 10.5. The molecular weight excluding hydrogens is 304 g/mol. The van der Waals surface area contributed by atoms with Crippen molar-refractivity contribution >= 4 is 20.0 Å². The van der Waals surface area contributed by atoms with E-state index in [1.807, 2.05) is 12.1 Å². The molecule has 1 aromatic rings. The van der Waals surface area contributed by atoms with Crippen LogP contribution in [0, 0.1) is 5.41 Å². The monoisotopic (exact) mass is 334 g/mol. The molecule has 2 heterocycles. The number of nitrogens with zero attached hydrogens (tertiary/aromatic N) is 3. The molecule has 1 aliphatic heterocycles. The van der Waals surface area contributed by atoms with E-state index in [2.05, 4.69) is 49.0 Å². The van der Waals surface area contributed by atoms with E-state index in [9.17, 15) is 0 Å². The van der Waals surface area contributed by atoms with Crippen LogP contribution < -0.4 is 10.6 Å². The molecule has 0 amide bonds. The van der Waals surface area contributed by atoms with Crippen molar-refractivity contribution in [2.24, 2.45) is 5.41 Å². The van der Waals surface area contributed by atoms with E-state index in [0.29, 0.717) is 17.3 Å². The molecule has 5 nitrogen and oxygen atoms in total. The quantitative estimate of drug-likeness (QED) is 0.858. The van der Waals surface area contributed by atoms with Gasteiger partial charge in [-0.05, 0) is 49.5 Å². The Kier molecular flexibility index (Phi) is 3.96. The lowest BCUT2D eigenvalue weighted by Gasteiger charge is -2.46. The fourth-order valence-electron chi connectivity index (χ4n) is 3.20. The van der Waals surface area contributed by atoms with E-state index in [4.69, 9.17) is 10.2 Å². The summed E-state index contributed by atoms with van der Waals surface area (Å²) in [5.74, 6) is 1.42. The van der Waals surface area contributed by atoms with Crippen molar-refractivity contribution in [3.63, 3.8) is 0 Å². The third kappa shape index (κ3) is 3.24. The largest absolute Gasteiger partial charge is 0.413 e. The highest BCUT2D eigenvalue weighted by Gasteiger charge is 2.55. The first kappa shape index (κ1) is 16.7. The Balaban J connectivity index is 1.71. The van der Waals surface area contributed by atoms with E-state index >= 15 is 0 Å². The van der Waals surface area contributed by atoms with Crippen molar-refractivity contribution in [1.82, 2.24) is 10.2 Å². The Labute approximate surface area is 140 Å². The molecule has 1 spiro atoms. The van der Waals surface area contributed by atoms with Gasteiger partial charge in [-0.2, -0.15) is 0 Å².